The van der Waals surface area contributed by atoms with Gasteiger partial charge in [0.2, 0.25) is 0 Å². The first-order valence-electron chi connectivity index (χ1n) is 8.35. The third kappa shape index (κ3) is 3.63. The molecular formula is C20H17BrN2O5. The average Bonchev–Trinajstić information content (AvgIpc) is 2.94. The second-order valence-corrected chi connectivity index (χ2v) is 7.03. The Balaban J connectivity index is 2.30. The number of aliphatic carboxylic acids is 1. The number of rotatable bonds is 7. The molecule has 0 unspecified atom stereocenters. The summed E-state index contributed by atoms with van der Waals surface area (Å²) in [7, 11) is 0. The van der Waals surface area contributed by atoms with Crippen LogP contribution in [0.2, 0.25) is 0 Å². The molecule has 0 aliphatic heterocycles. The van der Waals surface area contributed by atoms with E-state index in [4.69, 9.17) is 15.6 Å². The van der Waals surface area contributed by atoms with Gasteiger partial charge in [-0.15, -0.1) is 0 Å². The van der Waals surface area contributed by atoms with Crippen LogP contribution in [0.25, 0.3) is 10.9 Å². The number of primary amides is 1. The van der Waals surface area contributed by atoms with Crippen LogP contribution in [0.15, 0.2) is 46.9 Å². The highest BCUT2D eigenvalue weighted by atomic mass is 79.9. The predicted octanol–water partition coefficient (Wildman–Crippen LogP) is 2.89. The molecule has 0 saturated carbocycles. The van der Waals surface area contributed by atoms with Crippen LogP contribution in [-0.4, -0.2) is 33.9 Å². The van der Waals surface area contributed by atoms with Crippen molar-refractivity contribution in [3.8, 4) is 5.75 Å². The third-order valence-electron chi connectivity index (χ3n) is 4.36. The summed E-state index contributed by atoms with van der Waals surface area (Å²) in [6, 6.07) is 12.9. The van der Waals surface area contributed by atoms with E-state index in [1.807, 2.05) is 34.9 Å². The lowest BCUT2D eigenvalue weighted by molar-refractivity contribution is -0.139. The monoisotopic (exact) mass is 444 g/mol. The Hall–Kier alpha value is -3.13. The molecule has 144 valence electrons. The standard InChI is InChI=1S/C20H17BrN2O5/c1-11-16(19(26)20(22)27)17-14(28-10-15(24)25)8-7-13(21)18(17)23(11)9-12-5-3-2-4-6-12/h2-8H,9-10H2,1H3,(H2,22,27)(H,24,25). The maximum absolute atomic E-state index is 12.6. The van der Waals surface area contributed by atoms with Crippen molar-refractivity contribution in [1.82, 2.24) is 4.57 Å². The van der Waals surface area contributed by atoms with E-state index in [2.05, 4.69) is 15.9 Å². The van der Waals surface area contributed by atoms with E-state index >= 15 is 0 Å². The quantitative estimate of drug-likeness (QED) is 0.429. The van der Waals surface area contributed by atoms with Crippen LogP contribution >= 0.6 is 15.9 Å². The van der Waals surface area contributed by atoms with E-state index in [-0.39, 0.29) is 11.3 Å². The second-order valence-electron chi connectivity index (χ2n) is 6.18. The number of Topliss-reactive ketones (excluding diaryl/α,β-unsaturated/α-hetero) is 1. The summed E-state index contributed by atoms with van der Waals surface area (Å²) in [5.74, 6) is -2.90. The fraction of sp³-hybridized carbons (Fsp3) is 0.150. The lowest BCUT2D eigenvalue weighted by atomic mass is 10.1. The van der Waals surface area contributed by atoms with Gasteiger partial charge in [0, 0.05) is 16.7 Å². The van der Waals surface area contributed by atoms with Crippen LogP contribution < -0.4 is 10.5 Å². The summed E-state index contributed by atoms with van der Waals surface area (Å²) in [6.07, 6.45) is 0. The number of carboxylic acids is 1. The molecule has 1 heterocycles. The number of hydrogen-bond acceptors (Lipinski definition) is 4. The van der Waals surface area contributed by atoms with Gasteiger partial charge in [-0.25, -0.2) is 4.79 Å². The molecule has 0 spiro atoms. The highest BCUT2D eigenvalue weighted by molar-refractivity contribution is 9.10. The number of carbonyl (C=O) groups excluding carboxylic acids is 2. The lowest BCUT2D eigenvalue weighted by Crippen LogP contribution is -2.24. The molecule has 7 nitrogen and oxygen atoms in total. The molecule has 1 amide bonds. The number of ketones is 1. The van der Waals surface area contributed by atoms with Gasteiger partial charge in [-0.1, -0.05) is 30.3 Å². The summed E-state index contributed by atoms with van der Waals surface area (Å²) in [5.41, 5.74) is 7.51. The minimum atomic E-state index is -1.15. The zero-order valence-electron chi connectivity index (χ0n) is 14.9. The number of carboxylic acid groups (broad SMARTS) is 1. The van der Waals surface area contributed by atoms with Crippen LogP contribution in [0.3, 0.4) is 0 Å². The number of ether oxygens (including phenoxy) is 1. The first kappa shape index (κ1) is 19.6. The van der Waals surface area contributed by atoms with Gasteiger partial charge in [-0.3, -0.25) is 9.59 Å². The average molecular weight is 445 g/mol. The van der Waals surface area contributed by atoms with Crippen molar-refractivity contribution >= 4 is 44.5 Å². The SMILES string of the molecule is Cc1c(C(=O)C(N)=O)c2c(OCC(=O)O)ccc(Br)c2n1Cc1ccccc1. The van der Waals surface area contributed by atoms with Gasteiger partial charge in [0.15, 0.2) is 6.61 Å². The summed E-state index contributed by atoms with van der Waals surface area (Å²) in [4.78, 5) is 35.1. The Labute approximate surface area is 168 Å². The minimum absolute atomic E-state index is 0.111. The van der Waals surface area contributed by atoms with Gasteiger partial charge in [-0.05, 0) is 40.5 Å². The number of hydrogen-bond donors (Lipinski definition) is 2. The Morgan fingerprint density at radius 3 is 2.43 bits per heavy atom. The van der Waals surface area contributed by atoms with E-state index in [0.29, 0.717) is 27.6 Å². The molecule has 0 saturated heterocycles. The minimum Gasteiger partial charge on any atom is -0.481 e. The number of nitrogens with two attached hydrogens (primary N) is 1. The number of fused-ring (bicyclic) bond motifs is 1. The van der Waals surface area contributed by atoms with E-state index in [9.17, 15) is 14.4 Å². The number of amides is 1. The van der Waals surface area contributed by atoms with E-state index < -0.39 is 24.3 Å². The highest BCUT2D eigenvalue weighted by Gasteiger charge is 2.27. The van der Waals surface area contributed by atoms with E-state index in [1.54, 1.807) is 19.1 Å². The molecule has 0 atom stereocenters. The molecule has 0 aliphatic rings. The van der Waals surface area contributed by atoms with Gasteiger partial charge in [-0.2, -0.15) is 0 Å². The fourth-order valence-electron chi connectivity index (χ4n) is 3.16. The fourth-order valence-corrected chi connectivity index (χ4v) is 3.71. The van der Waals surface area contributed by atoms with Crippen molar-refractivity contribution in [3.63, 3.8) is 0 Å². The molecule has 2 aromatic carbocycles. The maximum Gasteiger partial charge on any atom is 0.341 e. The summed E-state index contributed by atoms with van der Waals surface area (Å²) in [5, 5.41) is 9.30. The number of halogens is 1. The van der Waals surface area contributed by atoms with Crippen molar-refractivity contribution in [2.45, 2.75) is 13.5 Å². The molecule has 0 aliphatic carbocycles. The van der Waals surface area contributed by atoms with Gasteiger partial charge in [0.05, 0.1) is 16.5 Å². The van der Waals surface area contributed by atoms with Crippen molar-refractivity contribution in [1.29, 1.82) is 0 Å². The number of aromatic nitrogens is 1. The van der Waals surface area contributed by atoms with Crippen LogP contribution in [0.1, 0.15) is 21.6 Å². The zero-order valence-corrected chi connectivity index (χ0v) is 16.5. The molecule has 28 heavy (non-hydrogen) atoms. The second kappa shape index (κ2) is 7.85. The van der Waals surface area contributed by atoms with E-state index in [0.717, 1.165) is 5.56 Å². The molecule has 0 fully saturated rings. The van der Waals surface area contributed by atoms with Gasteiger partial charge in [0.1, 0.15) is 5.75 Å². The van der Waals surface area contributed by atoms with Gasteiger partial charge in [0.25, 0.3) is 11.7 Å². The van der Waals surface area contributed by atoms with Crippen LogP contribution in [-0.2, 0) is 16.1 Å². The Morgan fingerprint density at radius 2 is 1.82 bits per heavy atom. The van der Waals surface area contributed by atoms with Gasteiger partial charge < -0.3 is 20.1 Å². The normalized spacial score (nSPS) is 10.8. The summed E-state index contributed by atoms with van der Waals surface area (Å²) in [6.45, 7) is 1.58. The molecule has 3 rings (SSSR count). The topological polar surface area (TPSA) is 112 Å². The van der Waals surface area contributed by atoms with Crippen molar-refractivity contribution in [2.24, 2.45) is 5.73 Å². The van der Waals surface area contributed by atoms with Crippen molar-refractivity contribution < 1.29 is 24.2 Å². The van der Waals surface area contributed by atoms with Crippen molar-refractivity contribution in [3.05, 3.63) is 63.8 Å². The largest absolute Gasteiger partial charge is 0.481 e. The lowest BCUT2D eigenvalue weighted by Gasteiger charge is -2.11. The molecule has 3 N–H and O–H groups in total. The van der Waals surface area contributed by atoms with Crippen molar-refractivity contribution in [2.75, 3.05) is 6.61 Å². The molecule has 8 heteroatoms. The summed E-state index contributed by atoms with van der Waals surface area (Å²) >= 11 is 3.49. The number of benzene rings is 2. The molecule has 1 aromatic heterocycles. The van der Waals surface area contributed by atoms with Crippen LogP contribution in [0.4, 0.5) is 0 Å². The van der Waals surface area contributed by atoms with Crippen LogP contribution in [0.5, 0.6) is 5.75 Å². The zero-order chi connectivity index (χ0) is 20.4. The molecule has 0 radical (unpaired) electrons. The highest BCUT2D eigenvalue weighted by Crippen LogP contribution is 2.38. The first-order valence-corrected chi connectivity index (χ1v) is 9.14. The van der Waals surface area contributed by atoms with E-state index in [1.165, 1.54) is 0 Å². The molecule has 3 aromatic rings. The third-order valence-corrected chi connectivity index (χ3v) is 5.00. The Bertz CT molecular complexity index is 1090. The molecule has 0 bridgehead atoms. The first-order chi connectivity index (χ1) is 13.3. The number of carbonyl (C=O) groups is 3. The van der Waals surface area contributed by atoms with Crippen LogP contribution in [0, 0.1) is 6.92 Å². The Kier molecular flexibility index (Phi) is 5.51. The Morgan fingerprint density at radius 1 is 1.14 bits per heavy atom. The van der Waals surface area contributed by atoms with Gasteiger partial charge >= 0.3 is 5.97 Å². The summed E-state index contributed by atoms with van der Waals surface area (Å²) < 4.78 is 7.93. The predicted molar refractivity (Wildman–Crippen MR) is 107 cm³/mol. The number of nitrogens with zero attached hydrogens (tertiary/aromatic N) is 1. The molecular weight excluding hydrogens is 428 g/mol. The smallest absolute Gasteiger partial charge is 0.341 e. The maximum atomic E-state index is 12.6.